The second-order valence-electron chi connectivity index (χ2n) is 5.39. The van der Waals surface area contributed by atoms with E-state index in [4.69, 9.17) is 10.5 Å². The molecule has 2 N–H and O–H groups in total. The van der Waals surface area contributed by atoms with Crippen LogP contribution in [0.5, 0.6) is 5.75 Å². The van der Waals surface area contributed by atoms with E-state index in [-0.39, 0.29) is 12.1 Å². The molecule has 0 aromatic heterocycles. The minimum absolute atomic E-state index is 0.188. The predicted molar refractivity (Wildman–Crippen MR) is 76.1 cm³/mol. The minimum Gasteiger partial charge on any atom is -0.487 e. The molecule has 2 unspecified atom stereocenters. The van der Waals surface area contributed by atoms with Crippen LogP contribution in [-0.2, 0) is 0 Å². The maximum Gasteiger partial charge on any atom is 0.133 e. The van der Waals surface area contributed by atoms with Gasteiger partial charge in [-0.2, -0.15) is 0 Å². The molecule has 0 radical (unpaired) electrons. The molecule has 1 fully saturated rings. The lowest BCUT2D eigenvalue weighted by Crippen LogP contribution is -2.47. The number of nitrogens with two attached hydrogens (primary N) is 1. The predicted octanol–water partition coefficient (Wildman–Crippen LogP) is 3.45. The molecule has 2 atom stereocenters. The van der Waals surface area contributed by atoms with Crippen molar-refractivity contribution >= 4 is 11.8 Å². The molecule has 1 aromatic rings. The SMILES string of the molecule is NC(C1CCCCC1)C1CSc2ccccc2O1. The molecule has 0 bridgehead atoms. The topological polar surface area (TPSA) is 35.2 Å². The molecule has 18 heavy (non-hydrogen) atoms. The summed E-state index contributed by atoms with van der Waals surface area (Å²) in [4.78, 5) is 1.25. The third kappa shape index (κ3) is 2.52. The summed E-state index contributed by atoms with van der Waals surface area (Å²) in [6.45, 7) is 0. The van der Waals surface area contributed by atoms with Crippen LogP contribution in [0.25, 0.3) is 0 Å². The molecule has 0 spiro atoms. The monoisotopic (exact) mass is 263 g/mol. The van der Waals surface area contributed by atoms with Crippen molar-refractivity contribution in [3.8, 4) is 5.75 Å². The highest BCUT2D eigenvalue weighted by Crippen LogP contribution is 2.37. The van der Waals surface area contributed by atoms with Crippen LogP contribution < -0.4 is 10.5 Å². The van der Waals surface area contributed by atoms with Crippen LogP contribution in [0.15, 0.2) is 29.2 Å². The van der Waals surface area contributed by atoms with Gasteiger partial charge in [0.2, 0.25) is 0 Å². The zero-order chi connectivity index (χ0) is 12.4. The lowest BCUT2D eigenvalue weighted by molar-refractivity contribution is 0.137. The highest BCUT2D eigenvalue weighted by Gasteiger charge is 2.31. The summed E-state index contributed by atoms with van der Waals surface area (Å²) in [5.41, 5.74) is 6.44. The lowest BCUT2D eigenvalue weighted by Gasteiger charge is -2.35. The number of benzene rings is 1. The third-order valence-electron chi connectivity index (χ3n) is 4.15. The largest absolute Gasteiger partial charge is 0.487 e. The van der Waals surface area contributed by atoms with E-state index in [0.717, 1.165) is 11.5 Å². The van der Waals surface area contributed by atoms with Crippen LogP contribution >= 0.6 is 11.8 Å². The van der Waals surface area contributed by atoms with E-state index in [9.17, 15) is 0 Å². The average molecular weight is 263 g/mol. The van der Waals surface area contributed by atoms with Gasteiger partial charge in [0.1, 0.15) is 11.9 Å². The van der Waals surface area contributed by atoms with Crippen LogP contribution in [0.1, 0.15) is 32.1 Å². The molecule has 1 aliphatic heterocycles. The normalized spacial score (nSPS) is 26.2. The highest BCUT2D eigenvalue weighted by molar-refractivity contribution is 7.99. The van der Waals surface area contributed by atoms with E-state index in [2.05, 4.69) is 18.2 Å². The van der Waals surface area contributed by atoms with Gasteiger partial charge in [0.25, 0.3) is 0 Å². The number of fused-ring (bicyclic) bond motifs is 1. The van der Waals surface area contributed by atoms with Gasteiger partial charge >= 0.3 is 0 Å². The van der Waals surface area contributed by atoms with Crippen molar-refractivity contribution in [1.82, 2.24) is 0 Å². The summed E-state index contributed by atoms with van der Waals surface area (Å²) in [5.74, 6) is 2.67. The van der Waals surface area contributed by atoms with Crippen molar-refractivity contribution in [2.24, 2.45) is 11.7 Å². The molecule has 3 heteroatoms. The maximum atomic E-state index is 6.44. The Balaban J connectivity index is 1.67. The first kappa shape index (κ1) is 12.4. The van der Waals surface area contributed by atoms with E-state index in [1.807, 2.05) is 17.8 Å². The fourth-order valence-corrected chi connectivity index (χ4v) is 4.12. The quantitative estimate of drug-likeness (QED) is 0.887. The zero-order valence-electron chi connectivity index (χ0n) is 10.7. The molecule has 1 aromatic carbocycles. The summed E-state index contributed by atoms with van der Waals surface area (Å²) >= 11 is 1.88. The van der Waals surface area contributed by atoms with Crippen LogP contribution in [0, 0.1) is 5.92 Å². The number of para-hydroxylation sites is 1. The average Bonchev–Trinajstić information content (AvgIpc) is 2.47. The van der Waals surface area contributed by atoms with Crippen LogP contribution in [0.2, 0.25) is 0 Å². The van der Waals surface area contributed by atoms with Gasteiger partial charge in [-0.3, -0.25) is 0 Å². The molecule has 0 amide bonds. The summed E-state index contributed by atoms with van der Waals surface area (Å²) in [7, 11) is 0. The van der Waals surface area contributed by atoms with E-state index >= 15 is 0 Å². The minimum atomic E-state index is 0.188. The standard InChI is InChI=1S/C15H21NOS/c16-15(11-6-2-1-3-7-11)13-10-18-14-9-5-4-8-12(14)17-13/h4-5,8-9,11,13,15H,1-3,6-7,10,16H2. The highest BCUT2D eigenvalue weighted by atomic mass is 32.2. The van der Waals surface area contributed by atoms with E-state index in [1.165, 1.54) is 37.0 Å². The molecular formula is C15H21NOS. The van der Waals surface area contributed by atoms with E-state index in [0.29, 0.717) is 5.92 Å². The molecule has 98 valence electrons. The van der Waals surface area contributed by atoms with Crippen LogP contribution in [0.3, 0.4) is 0 Å². The number of hydrogen-bond acceptors (Lipinski definition) is 3. The number of ether oxygens (including phenoxy) is 1. The molecule has 0 saturated heterocycles. The van der Waals surface area contributed by atoms with Crippen molar-refractivity contribution in [3.05, 3.63) is 24.3 Å². The smallest absolute Gasteiger partial charge is 0.133 e. The summed E-state index contributed by atoms with van der Waals surface area (Å²) in [5, 5.41) is 0. The van der Waals surface area contributed by atoms with Gasteiger partial charge in [0.15, 0.2) is 0 Å². The first-order chi connectivity index (χ1) is 8.84. The molecular weight excluding hydrogens is 242 g/mol. The van der Waals surface area contributed by atoms with Crippen LogP contribution in [0.4, 0.5) is 0 Å². The van der Waals surface area contributed by atoms with E-state index in [1.54, 1.807) is 0 Å². The van der Waals surface area contributed by atoms with Crippen molar-refractivity contribution in [2.45, 2.75) is 49.1 Å². The second kappa shape index (κ2) is 5.54. The van der Waals surface area contributed by atoms with Crippen molar-refractivity contribution < 1.29 is 4.74 Å². The Bertz CT molecular complexity index is 403. The Morgan fingerprint density at radius 3 is 2.78 bits per heavy atom. The lowest BCUT2D eigenvalue weighted by atomic mass is 9.82. The molecule has 3 rings (SSSR count). The molecule has 1 aliphatic carbocycles. The molecule has 1 saturated carbocycles. The Hall–Kier alpha value is -0.670. The van der Waals surface area contributed by atoms with E-state index < -0.39 is 0 Å². The molecule has 1 heterocycles. The number of thioether (sulfide) groups is 1. The molecule has 2 nitrogen and oxygen atoms in total. The van der Waals surface area contributed by atoms with Crippen LogP contribution in [-0.4, -0.2) is 17.9 Å². The van der Waals surface area contributed by atoms with Gasteiger partial charge in [-0.1, -0.05) is 31.4 Å². The Labute approximate surface area is 113 Å². The van der Waals surface area contributed by atoms with Crippen molar-refractivity contribution in [1.29, 1.82) is 0 Å². The number of rotatable bonds is 2. The van der Waals surface area contributed by atoms with Gasteiger partial charge in [0.05, 0.1) is 0 Å². The maximum absolute atomic E-state index is 6.44. The van der Waals surface area contributed by atoms with Crippen molar-refractivity contribution in [3.63, 3.8) is 0 Å². The van der Waals surface area contributed by atoms with Gasteiger partial charge in [-0.05, 0) is 30.9 Å². The Kier molecular flexibility index (Phi) is 3.80. The Morgan fingerprint density at radius 2 is 1.94 bits per heavy atom. The van der Waals surface area contributed by atoms with Gasteiger partial charge in [0, 0.05) is 16.7 Å². The summed E-state index contributed by atoms with van der Waals surface area (Å²) < 4.78 is 6.10. The van der Waals surface area contributed by atoms with Gasteiger partial charge < -0.3 is 10.5 Å². The summed E-state index contributed by atoms with van der Waals surface area (Å²) in [6.07, 6.45) is 6.82. The van der Waals surface area contributed by atoms with Gasteiger partial charge in [-0.25, -0.2) is 0 Å². The first-order valence-corrected chi connectivity index (χ1v) is 7.97. The Morgan fingerprint density at radius 1 is 1.17 bits per heavy atom. The summed E-state index contributed by atoms with van der Waals surface area (Å²) in [6, 6.07) is 8.49. The first-order valence-electron chi connectivity index (χ1n) is 6.98. The van der Waals surface area contributed by atoms with Gasteiger partial charge in [-0.15, -0.1) is 11.8 Å². The zero-order valence-corrected chi connectivity index (χ0v) is 11.5. The third-order valence-corrected chi connectivity index (χ3v) is 5.30. The number of hydrogen-bond donors (Lipinski definition) is 1. The fourth-order valence-electron chi connectivity index (χ4n) is 3.05. The second-order valence-corrected chi connectivity index (χ2v) is 6.45. The fraction of sp³-hybridized carbons (Fsp3) is 0.600. The molecule has 2 aliphatic rings. The van der Waals surface area contributed by atoms with Crippen molar-refractivity contribution in [2.75, 3.05) is 5.75 Å².